The Kier molecular flexibility index (Phi) is 35.2. The molecule has 266 valence electrons. The van der Waals surface area contributed by atoms with Gasteiger partial charge in [-0.2, -0.15) is 0 Å². The number of carbonyl (C=O) groups excluding carboxylic acids is 2. The van der Waals surface area contributed by atoms with Crippen LogP contribution in [-0.4, -0.2) is 36.4 Å². The zero-order valence-electron chi connectivity index (χ0n) is 30.0. The number of allylic oxidation sites excluding steroid dienone is 14. The number of hydrogen-bond donors (Lipinski definition) is 1. The van der Waals surface area contributed by atoms with Crippen LogP contribution in [0.2, 0.25) is 0 Å². The molecular weight excluding hydrogens is 584 g/mol. The quantitative estimate of drug-likeness (QED) is 0.0445. The SMILES string of the molecule is CC/C=C/C/C=C/C/C=C/C/C=C/C/C=C/C/C=C/CCC(=O)O[C@@H](CO)COC(=O)CCCCCCC/C=C/CCCCCCC. The fourth-order valence-electron chi connectivity index (χ4n) is 4.63. The van der Waals surface area contributed by atoms with Crippen molar-refractivity contribution in [3.8, 4) is 0 Å². The Morgan fingerprint density at radius 2 is 0.957 bits per heavy atom. The summed E-state index contributed by atoms with van der Waals surface area (Å²) in [5.74, 6) is -0.708. The molecule has 0 aromatic rings. The topological polar surface area (TPSA) is 72.8 Å². The minimum atomic E-state index is -0.818. The lowest BCUT2D eigenvalue weighted by molar-refractivity contribution is -0.161. The number of aliphatic hydroxyl groups excluding tert-OH is 1. The zero-order valence-corrected chi connectivity index (χ0v) is 30.0. The van der Waals surface area contributed by atoms with Gasteiger partial charge in [-0.1, -0.05) is 144 Å². The fourth-order valence-corrected chi connectivity index (χ4v) is 4.63. The van der Waals surface area contributed by atoms with Gasteiger partial charge in [0.15, 0.2) is 6.10 Å². The van der Waals surface area contributed by atoms with Gasteiger partial charge in [0, 0.05) is 12.8 Å². The average molecular weight is 653 g/mol. The van der Waals surface area contributed by atoms with Crippen LogP contribution in [0, 0.1) is 0 Å². The summed E-state index contributed by atoms with van der Waals surface area (Å²) in [5, 5.41) is 9.52. The fraction of sp³-hybridized carbons (Fsp3) is 0.619. The molecule has 1 N–H and O–H groups in total. The molecule has 0 saturated heterocycles. The maximum Gasteiger partial charge on any atom is 0.306 e. The van der Waals surface area contributed by atoms with E-state index in [0.29, 0.717) is 12.8 Å². The maximum atomic E-state index is 12.1. The molecule has 0 aromatic heterocycles. The summed E-state index contributed by atoms with van der Waals surface area (Å²) in [5.41, 5.74) is 0. The van der Waals surface area contributed by atoms with E-state index in [4.69, 9.17) is 9.47 Å². The smallest absolute Gasteiger partial charge is 0.306 e. The van der Waals surface area contributed by atoms with E-state index in [1.807, 2.05) is 12.2 Å². The van der Waals surface area contributed by atoms with Crippen LogP contribution in [0.1, 0.15) is 149 Å². The van der Waals surface area contributed by atoms with E-state index < -0.39 is 12.1 Å². The molecule has 0 aliphatic rings. The van der Waals surface area contributed by atoms with Crippen molar-refractivity contribution in [3.05, 3.63) is 85.1 Å². The van der Waals surface area contributed by atoms with Gasteiger partial charge in [0.2, 0.25) is 0 Å². The third kappa shape index (κ3) is 35.8. The monoisotopic (exact) mass is 653 g/mol. The van der Waals surface area contributed by atoms with Crippen LogP contribution < -0.4 is 0 Å². The van der Waals surface area contributed by atoms with Crippen LogP contribution >= 0.6 is 0 Å². The summed E-state index contributed by atoms with van der Waals surface area (Å²) >= 11 is 0. The second-order valence-corrected chi connectivity index (χ2v) is 11.9. The first kappa shape index (κ1) is 44.1. The molecule has 0 saturated carbocycles. The van der Waals surface area contributed by atoms with Gasteiger partial charge in [0.1, 0.15) is 6.61 Å². The molecule has 0 bridgehead atoms. The normalized spacial score (nSPS) is 13.2. The van der Waals surface area contributed by atoms with Crippen molar-refractivity contribution in [1.29, 1.82) is 0 Å². The van der Waals surface area contributed by atoms with Crippen LogP contribution in [0.15, 0.2) is 85.1 Å². The third-order valence-electron chi connectivity index (χ3n) is 7.44. The summed E-state index contributed by atoms with van der Waals surface area (Å²) < 4.78 is 10.5. The first-order valence-corrected chi connectivity index (χ1v) is 18.6. The van der Waals surface area contributed by atoms with Crippen molar-refractivity contribution in [2.75, 3.05) is 13.2 Å². The van der Waals surface area contributed by atoms with Crippen LogP contribution in [0.25, 0.3) is 0 Å². The van der Waals surface area contributed by atoms with Gasteiger partial charge in [-0.15, -0.1) is 0 Å². The third-order valence-corrected chi connectivity index (χ3v) is 7.44. The highest BCUT2D eigenvalue weighted by atomic mass is 16.6. The molecule has 0 aliphatic heterocycles. The Bertz CT molecular complexity index is 921. The predicted octanol–water partition coefficient (Wildman–Crippen LogP) is 11.6. The summed E-state index contributed by atoms with van der Waals surface area (Å²) in [6, 6.07) is 0. The second-order valence-electron chi connectivity index (χ2n) is 11.9. The number of unbranched alkanes of at least 4 members (excludes halogenated alkanes) is 10. The summed E-state index contributed by atoms with van der Waals surface area (Å²) in [7, 11) is 0. The molecule has 0 aromatic carbocycles. The van der Waals surface area contributed by atoms with E-state index in [1.165, 1.54) is 51.4 Å². The lowest BCUT2D eigenvalue weighted by Crippen LogP contribution is -2.28. The van der Waals surface area contributed by atoms with E-state index >= 15 is 0 Å². The van der Waals surface area contributed by atoms with Crippen molar-refractivity contribution in [3.63, 3.8) is 0 Å². The Hall–Kier alpha value is -2.92. The minimum absolute atomic E-state index is 0.105. The highest BCUT2D eigenvalue weighted by Crippen LogP contribution is 2.10. The molecule has 1 atom stereocenters. The second kappa shape index (κ2) is 37.5. The number of aliphatic hydroxyl groups is 1. The molecule has 0 aliphatic carbocycles. The van der Waals surface area contributed by atoms with Gasteiger partial charge in [-0.05, 0) is 77.0 Å². The van der Waals surface area contributed by atoms with Crippen LogP contribution in [-0.2, 0) is 19.1 Å². The molecule has 5 heteroatoms. The molecular formula is C42H68O5. The number of esters is 2. The largest absolute Gasteiger partial charge is 0.462 e. The molecule has 0 rings (SSSR count). The van der Waals surface area contributed by atoms with Crippen molar-refractivity contribution >= 4 is 11.9 Å². The Morgan fingerprint density at radius 3 is 1.47 bits per heavy atom. The number of hydrogen-bond acceptors (Lipinski definition) is 5. The lowest BCUT2D eigenvalue weighted by Gasteiger charge is -2.15. The number of rotatable bonds is 32. The number of ether oxygens (including phenoxy) is 2. The molecule has 0 radical (unpaired) electrons. The molecule has 0 unspecified atom stereocenters. The Labute approximate surface area is 288 Å². The molecule has 0 fully saturated rings. The van der Waals surface area contributed by atoms with Crippen LogP contribution in [0.4, 0.5) is 0 Å². The van der Waals surface area contributed by atoms with Crippen molar-refractivity contribution in [2.24, 2.45) is 0 Å². The van der Waals surface area contributed by atoms with Gasteiger partial charge < -0.3 is 14.6 Å². The van der Waals surface area contributed by atoms with E-state index in [0.717, 1.165) is 64.2 Å². The standard InChI is InChI=1S/C42H68O5/c1-3-5-7-9-11-13-15-17-19-20-21-22-23-25-27-29-31-33-35-37-42(45)47-40(38-43)39-46-41(44)36-34-32-30-28-26-24-18-16-14-12-10-8-6-4-2/h5,7,11,13,16-19,21-22,25,27,31,33,40,43H,3-4,6,8-10,12,14-15,20,23-24,26,28-30,32,34-39H2,1-2H3/b7-5+,13-11+,18-16+,19-17+,22-21+,27-25+,33-31+/t40-/m0/s1. The van der Waals surface area contributed by atoms with Crippen molar-refractivity contribution in [1.82, 2.24) is 0 Å². The van der Waals surface area contributed by atoms with E-state index in [1.54, 1.807) is 0 Å². The lowest BCUT2D eigenvalue weighted by atomic mass is 10.1. The molecule has 0 spiro atoms. The van der Waals surface area contributed by atoms with E-state index in [-0.39, 0.29) is 25.6 Å². The molecule has 47 heavy (non-hydrogen) atoms. The summed E-state index contributed by atoms with van der Waals surface area (Å²) in [6.07, 6.45) is 50.8. The summed E-state index contributed by atoms with van der Waals surface area (Å²) in [4.78, 5) is 24.2. The number of carbonyl (C=O) groups is 2. The molecule has 0 heterocycles. The van der Waals surface area contributed by atoms with Crippen LogP contribution in [0.3, 0.4) is 0 Å². The van der Waals surface area contributed by atoms with Gasteiger partial charge in [0.25, 0.3) is 0 Å². The first-order chi connectivity index (χ1) is 23.1. The van der Waals surface area contributed by atoms with Gasteiger partial charge >= 0.3 is 11.9 Å². The molecule has 0 amide bonds. The average Bonchev–Trinajstić information content (AvgIpc) is 3.07. The van der Waals surface area contributed by atoms with Gasteiger partial charge in [-0.25, -0.2) is 0 Å². The van der Waals surface area contributed by atoms with Crippen molar-refractivity contribution in [2.45, 2.75) is 155 Å². The van der Waals surface area contributed by atoms with E-state index in [2.05, 4.69) is 86.8 Å². The molecule has 5 nitrogen and oxygen atoms in total. The predicted molar refractivity (Wildman–Crippen MR) is 200 cm³/mol. The Morgan fingerprint density at radius 1 is 0.511 bits per heavy atom. The van der Waals surface area contributed by atoms with Gasteiger partial charge in [0.05, 0.1) is 6.61 Å². The maximum absolute atomic E-state index is 12.1. The highest BCUT2D eigenvalue weighted by molar-refractivity contribution is 5.70. The Balaban J connectivity index is 3.76. The minimum Gasteiger partial charge on any atom is -0.462 e. The van der Waals surface area contributed by atoms with Crippen molar-refractivity contribution < 1.29 is 24.2 Å². The first-order valence-electron chi connectivity index (χ1n) is 18.6. The summed E-state index contributed by atoms with van der Waals surface area (Å²) in [6.45, 7) is 3.92. The van der Waals surface area contributed by atoms with Crippen LogP contribution in [0.5, 0.6) is 0 Å². The van der Waals surface area contributed by atoms with Gasteiger partial charge in [-0.3, -0.25) is 9.59 Å². The van der Waals surface area contributed by atoms with E-state index in [9.17, 15) is 14.7 Å². The highest BCUT2D eigenvalue weighted by Gasteiger charge is 2.15. The zero-order chi connectivity index (χ0) is 34.3.